The monoisotopic (exact) mass is 267 g/mol. The van der Waals surface area contributed by atoms with Gasteiger partial charge in [-0.15, -0.1) is 0 Å². The van der Waals surface area contributed by atoms with E-state index in [4.69, 9.17) is 5.26 Å². The summed E-state index contributed by atoms with van der Waals surface area (Å²) in [6.07, 6.45) is 1.07. The van der Waals surface area contributed by atoms with Crippen LogP contribution >= 0.6 is 0 Å². The molecule has 20 heavy (non-hydrogen) atoms. The minimum Gasteiger partial charge on any atom is -0.348 e. The van der Waals surface area contributed by atoms with E-state index in [1.54, 1.807) is 6.07 Å². The van der Waals surface area contributed by atoms with Gasteiger partial charge in [-0.1, -0.05) is 13.0 Å². The Morgan fingerprint density at radius 2 is 2.20 bits per heavy atom. The molecule has 0 fully saturated rings. The fraction of sp³-hybridized carbons (Fsp3) is 0.312. The number of aromatic nitrogens is 1. The van der Waals surface area contributed by atoms with Gasteiger partial charge < -0.3 is 5.32 Å². The second-order valence-corrected chi connectivity index (χ2v) is 4.80. The molecule has 4 nitrogen and oxygen atoms in total. The van der Waals surface area contributed by atoms with Crippen LogP contribution in [0.5, 0.6) is 0 Å². The van der Waals surface area contributed by atoms with E-state index < -0.39 is 0 Å². The van der Waals surface area contributed by atoms with Crippen molar-refractivity contribution < 1.29 is 4.79 Å². The van der Waals surface area contributed by atoms with Gasteiger partial charge in [0.1, 0.15) is 0 Å². The number of carbonyl (C=O) groups excluding carboxylic acids is 1. The lowest BCUT2D eigenvalue weighted by atomic mass is 10.1. The molecule has 0 radical (unpaired) electrons. The quantitative estimate of drug-likeness (QED) is 0.926. The van der Waals surface area contributed by atoms with Gasteiger partial charge in [-0.05, 0) is 37.6 Å². The number of aryl methyl sites for hydroxylation is 1. The number of nitrogens with zero attached hydrogens (tertiary/aromatic N) is 2. The van der Waals surface area contributed by atoms with E-state index in [2.05, 4.69) is 16.4 Å². The first-order valence-electron chi connectivity index (χ1n) is 6.69. The highest BCUT2D eigenvalue weighted by molar-refractivity contribution is 5.98. The van der Waals surface area contributed by atoms with Crippen molar-refractivity contribution in [2.24, 2.45) is 0 Å². The molecular formula is C16H17N3O. The Morgan fingerprint density at radius 3 is 2.90 bits per heavy atom. The predicted octanol–water partition coefficient (Wildman–Crippen LogP) is 2.97. The zero-order valence-corrected chi connectivity index (χ0v) is 11.7. The Bertz CT molecular complexity index is 673. The predicted molar refractivity (Wildman–Crippen MR) is 78.3 cm³/mol. The first-order chi connectivity index (χ1) is 9.63. The third-order valence-electron chi connectivity index (χ3n) is 3.26. The molecule has 102 valence electrons. The van der Waals surface area contributed by atoms with Crippen LogP contribution in [-0.2, 0) is 0 Å². The molecule has 2 aromatic rings. The maximum Gasteiger partial charge on any atom is 0.251 e. The van der Waals surface area contributed by atoms with E-state index in [1.807, 2.05) is 38.1 Å². The third kappa shape index (κ3) is 3.12. The Hall–Kier alpha value is -2.41. The summed E-state index contributed by atoms with van der Waals surface area (Å²) in [5, 5.41) is 12.5. The van der Waals surface area contributed by atoms with Crippen molar-refractivity contribution in [3.63, 3.8) is 0 Å². The lowest BCUT2D eigenvalue weighted by Crippen LogP contribution is -2.34. The van der Waals surface area contributed by atoms with Gasteiger partial charge in [0, 0.05) is 22.7 Å². The molecule has 1 heterocycles. The van der Waals surface area contributed by atoms with Crippen molar-refractivity contribution in [3.8, 4) is 6.07 Å². The topological polar surface area (TPSA) is 65.8 Å². The summed E-state index contributed by atoms with van der Waals surface area (Å²) in [4.78, 5) is 16.6. The average molecular weight is 267 g/mol. The molecule has 1 aromatic carbocycles. The molecule has 0 aliphatic rings. The maximum absolute atomic E-state index is 12.2. The summed E-state index contributed by atoms with van der Waals surface area (Å²) in [5.41, 5.74) is 2.43. The van der Waals surface area contributed by atoms with Gasteiger partial charge in [0.25, 0.3) is 5.91 Å². The minimum absolute atomic E-state index is 0.0978. The van der Waals surface area contributed by atoms with E-state index in [9.17, 15) is 4.79 Å². The number of pyridine rings is 1. The maximum atomic E-state index is 12.2. The van der Waals surface area contributed by atoms with E-state index in [1.165, 1.54) is 0 Å². The van der Waals surface area contributed by atoms with E-state index >= 15 is 0 Å². The number of hydrogen-bond acceptors (Lipinski definition) is 3. The number of nitrogens with one attached hydrogen (secondary N) is 1. The van der Waals surface area contributed by atoms with Crippen LogP contribution in [0.2, 0.25) is 0 Å². The normalized spacial score (nSPS) is 11.8. The number of nitriles is 1. The first kappa shape index (κ1) is 14.0. The summed E-state index contributed by atoms with van der Waals surface area (Å²) in [6, 6.07) is 11.3. The molecule has 0 aliphatic heterocycles. The van der Waals surface area contributed by atoms with Crippen LogP contribution in [0.1, 0.15) is 35.8 Å². The van der Waals surface area contributed by atoms with E-state index in [0.29, 0.717) is 12.0 Å². The number of benzene rings is 1. The van der Waals surface area contributed by atoms with Crippen molar-refractivity contribution in [1.29, 1.82) is 5.26 Å². The number of hydrogen-bond donors (Lipinski definition) is 1. The van der Waals surface area contributed by atoms with Crippen LogP contribution in [0.3, 0.4) is 0 Å². The summed E-state index contributed by atoms with van der Waals surface area (Å²) in [7, 11) is 0. The zero-order chi connectivity index (χ0) is 14.5. The SMILES string of the molecule is CC[C@H](CC#N)NC(=O)c1ccc2nc(C)ccc2c1. The fourth-order valence-electron chi connectivity index (χ4n) is 2.05. The molecule has 2 rings (SSSR count). The molecule has 4 heteroatoms. The fourth-order valence-corrected chi connectivity index (χ4v) is 2.05. The van der Waals surface area contributed by atoms with Crippen LogP contribution in [0.15, 0.2) is 30.3 Å². The molecule has 1 N–H and O–H groups in total. The first-order valence-corrected chi connectivity index (χ1v) is 6.69. The van der Waals surface area contributed by atoms with Gasteiger partial charge in [-0.25, -0.2) is 0 Å². The van der Waals surface area contributed by atoms with E-state index in [0.717, 1.165) is 23.0 Å². The van der Waals surface area contributed by atoms with E-state index in [-0.39, 0.29) is 11.9 Å². The Morgan fingerprint density at radius 1 is 1.40 bits per heavy atom. The zero-order valence-electron chi connectivity index (χ0n) is 11.7. The highest BCUT2D eigenvalue weighted by Crippen LogP contribution is 2.15. The molecule has 0 saturated carbocycles. The van der Waals surface area contributed by atoms with Crippen molar-refractivity contribution >= 4 is 16.8 Å². The summed E-state index contributed by atoms with van der Waals surface area (Å²) in [5.74, 6) is -0.144. The summed E-state index contributed by atoms with van der Waals surface area (Å²) < 4.78 is 0. The van der Waals surface area contributed by atoms with Crippen molar-refractivity contribution in [2.45, 2.75) is 32.7 Å². The molecule has 1 aromatic heterocycles. The van der Waals surface area contributed by atoms with Gasteiger partial charge in [0.2, 0.25) is 0 Å². The standard InChI is InChI=1S/C16H17N3O/c1-3-14(8-9-17)19-16(20)13-6-7-15-12(10-13)5-4-11(2)18-15/h4-7,10,14H,3,8H2,1-2H3,(H,19,20)/t14-/m1/s1. The molecule has 1 atom stereocenters. The lowest BCUT2D eigenvalue weighted by Gasteiger charge is -2.13. The molecular weight excluding hydrogens is 250 g/mol. The van der Waals surface area contributed by atoms with Crippen molar-refractivity contribution in [1.82, 2.24) is 10.3 Å². The lowest BCUT2D eigenvalue weighted by molar-refractivity contribution is 0.0937. The van der Waals surface area contributed by atoms with Crippen molar-refractivity contribution in [3.05, 3.63) is 41.6 Å². The van der Waals surface area contributed by atoms with Crippen LogP contribution in [0.25, 0.3) is 10.9 Å². The highest BCUT2D eigenvalue weighted by Gasteiger charge is 2.12. The molecule has 0 unspecified atom stereocenters. The second-order valence-electron chi connectivity index (χ2n) is 4.80. The molecule has 0 bridgehead atoms. The smallest absolute Gasteiger partial charge is 0.251 e. The largest absolute Gasteiger partial charge is 0.348 e. The molecule has 0 aliphatic carbocycles. The number of rotatable bonds is 4. The van der Waals surface area contributed by atoms with Crippen LogP contribution < -0.4 is 5.32 Å². The number of carbonyl (C=O) groups is 1. The molecule has 1 amide bonds. The van der Waals surface area contributed by atoms with Gasteiger partial charge in [0.05, 0.1) is 18.0 Å². The van der Waals surface area contributed by atoms with Crippen molar-refractivity contribution in [2.75, 3.05) is 0 Å². The number of fused-ring (bicyclic) bond motifs is 1. The molecule has 0 saturated heterocycles. The Kier molecular flexibility index (Phi) is 4.31. The molecule has 0 spiro atoms. The second kappa shape index (κ2) is 6.16. The highest BCUT2D eigenvalue weighted by atomic mass is 16.1. The van der Waals surface area contributed by atoms with Crippen LogP contribution in [0.4, 0.5) is 0 Å². The summed E-state index contributed by atoms with van der Waals surface area (Å²) in [6.45, 7) is 3.89. The van der Waals surface area contributed by atoms with Gasteiger partial charge in [-0.3, -0.25) is 9.78 Å². The third-order valence-corrected chi connectivity index (χ3v) is 3.26. The minimum atomic E-state index is -0.144. The van der Waals surface area contributed by atoms with Crippen LogP contribution in [0, 0.1) is 18.3 Å². The van der Waals surface area contributed by atoms with Gasteiger partial charge in [-0.2, -0.15) is 5.26 Å². The van der Waals surface area contributed by atoms with Crippen LogP contribution in [-0.4, -0.2) is 16.9 Å². The Balaban J connectivity index is 2.22. The summed E-state index contributed by atoms with van der Waals surface area (Å²) >= 11 is 0. The Labute approximate surface area is 118 Å². The average Bonchev–Trinajstić information content (AvgIpc) is 2.46. The van der Waals surface area contributed by atoms with Gasteiger partial charge >= 0.3 is 0 Å². The van der Waals surface area contributed by atoms with Gasteiger partial charge in [0.15, 0.2) is 0 Å². The number of amides is 1.